The van der Waals surface area contributed by atoms with Gasteiger partial charge in [-0.05, 0) is 31.0 Å². The van der Waals surface area contributed by atoms with Crippen LogP contribution in [0, 0.1) is 0 Å². The molecule has 0 aliphatic rings. The topological polar surface area (TPSA) is 29.1 Å². The zero-order valence-corrected chi connectivity index (χ0v) is 10.3. The molecule has 3 heteroatoms. The molecular weight excluding hydrogens is 218 g/mol. The minimum absolute atomic E-state index is 0.0661. The molecule has 0 aliphatic heterocycles. The Morgan fingerprint density at radius 1 is 1.38 bits per heavy atom. The van der Waals surface area contributed by atoms with Gasteiger partial charge in [0.05, 0.1) is 6.42 Å². The van der Waals surface area contributed by atoms with Crippen molar-refractivity contribution in [2.75, 3.05) is 6.54 Å². The molecule has 0 saturated heterocycles. The summed E-state index contributed by atoms with van der Waals surface area (Å²) in [5, 5.41) is 2.87. The number of allylic oxidation sites excluding steroid dienone is 1. The lowest BCUT2D eigenvalue weighted by Gasteiger charge is -2.03. The molecule has 0 heterocycles. The number of benzene rings is 1. The van der Waals surface area contributed by atoms with Crippen molar-refractivity contribution < 1.29 is 4.79 Å². The summed E-state index contributed by atoms with van der Waals surface area (Å²) in [7, 11) is 0. The monoisotopic (exact) mass is 235 g/mol. The van der Waals surface area contributed by atoms with Crippen molar-refractivity contribution in [2.24, 2.45) is 0 Å². The first kappa shape index (κ1) is 12.8. The molecule has 0 fully saturated rings. The van der Waals surface area contributed by atoms with Gasteiger partial charge in [-0.15, -0.1) is 12.6 Å². The summed E-state index contributed by atoms with van der Waals surface area (Å²) in [5.74, 6) is 0.0661. The standard InChI is InChI=1S/C13H17NOS/c1-2-3-4-9-14-13(15)10-11-5-7-12(16)8-6-11/h2-3,5-8,16H,4,9-10H2,1H3,(H,14,15)/b3-2+. The average molecular weight is 235 g/mol. The molecule has 0 saturated carbocycles. The maximum absolute atomic E-state index is 11.5. The van der Waals surface area contributed by atoms with Crippen LogP contribution >= 0.6 is 12.6 Å². The lowest BCUT2D eigenvalue weighted by molar-refractivity contribution is -0.120. The second-order valence-electron chi connectivity index (χ2n) is 3.55. The predicted molar refractivity (Wildman–Crippen MR) is 69.8 cm³/mol. The van der Waals surface area contributed by atoms with Gasteiger partial charge in [0, 0.05) is 11.4 Å². The van der Waals surface area contributed by atoms with Crippen molar-refractivity contribution in [1.29, 1.82) is 0 Å². The van der Waals surface area contributed by atoms with E-state index in [0.717, 1.165) is 16.9 Å². The molecule has 0 spiro atoms. The third-order valence-corrected chi connectivity index (χ3v) is 2.47. The van der Waals surface area contributed by atoms with E-state index in [1.807, 2.05) is 43.3 Å². The number of hydrogen-bond donors (Lipinski definition) is 2. The van der Waals surface area contributed by atoms with Crippen LogP contribution < -0.4 is 5.32 Å². The third kappa shape index (κ3) is 5.03. The summed E-state index contributed by atoms with van der Waals surface area (Å²) in [5.41, 5.74) is 1.02. The summed E-state index contributed by atoms with van der Waals surface area (Å²) >= 11 is 4.19. The summed E-state index contributed by atoms with van der Waals surface area (Å²) in [6, 6.07) is 7.64. The van der Waals surface area contributed by atoms with Crippen molar-refractivity contribution in [3.8, 4) is 0 Å². The summed E-state index contributed by atoms with van der Waals surface area (Å²) in [6.07, 6.45) is 5.34. The second kappa shape index (κ2) is 7.12. The van der Waals surface area contributed by atoms with Gasteiger partial charge in [-0.3, -0.25) is 4.79 Å². The first-order chi connectivity index (χ1) is 7.72. The smallest absolute Gasteiger partial charge is 0.224 e. The van der Waals surface area contributed by atoms with Crippen LogP contribution in [-0.2, 0) is 11.2 Å². The highest BCUT2D eigenvalue weighted by atomic mass is 32.1. The molecule has 0 bridgehead atoms. The molecular formula is C13H17NOS. The molecule has 1 amide bonds. The molecule has 0 aromatic heterocycles. The Kier molecular flexibility index (Phi) is 5.72. The quantitative estimate of drug-likeness (QED) is 0.458. The van der Waals surface area contributed by atoms with Gasteiger partial charge in [-0.1, -0.05) is 24.3 Å². The SMILES string of the molecule is C/C=C/CCNC(=O)Cc1ccc(S)cc1. The molecule has 2 nitrogen and oxygen atoms in total. The fraction of sp³-hybridized carbons (Fsp3) is 0.308. The minimum Gasteiger partial charge on any atom is -0.356 e. The number of amides is 1. The highest BCUT2D eigenvalue weighted by molar-refractivity contribution is 7.80. The second-order valence-corrected chi connectivity index (χ2v) is 4.07. The summed E-state index contributed by atoms with van der Waals surface area (Å²) in [4.78, 5) is 12.4. The molecule has 0 radical (unpaired) electrons. The summed E-state index contributed by atoms with van der Waals surface area (Å²) in [6.45, 7) is 2.68. The van der Waals surface area contributed by atoms with Gasteiger partial charge >= 0.3 is 0 Å². The zero-order valence-electron chi connectivity index (χ0n) is 9.44. The van der Waals surface area contributed by atoms with E-state index < -0.39 is 0 Å². The van der Waals surface area contributed by atoms with E-state index in [2.05, 4.69) is 17.9 Å². The molecule has 16 heavy (non-hydrogen) atoms. The highest BCUT2D eigenvalue weighted by Crippen LogP contribution is 2.08. The van der Waals surface area contributed by atoms with E-state index in [1.165, 1.54) is 0 Å². The Bertz CT molecular complexity index is 357. The van der Waals surface area contributed by atoms with Crippen LogP contribution in [0.3, 0.4) is 0 Å². The molecule has 1 aromatic rings. The third-order valence-electron chi connectivity index (χ3n) is 2.17. The fourth-order valence-electron chi connectivity index (χ4n) is 1.32. The van der Waals surface area contributed by atoms with Gasteiger partial charge in [0.1, 0.15) is 0 Å². The van der Waals surface area contributed by atoms with E-state index in [4.69, 9.17) is 0 Å². The number of hydrogen-bond acceptors (Lipinski definition) is 2. The van der Waals surface area contributed by atoms with Gasteiger partial charge in [0.15, 0.2) is 0 Å². The van der Waals surface area contributed by atoms with Crippen molar-refractivity contribution >= 4 is 18.5 Å². The Hall–Kier alpha value is -1.22. The van der Waals surface area contributed by atoms with E-state index in [9.17, 15) is 4.79 Å². The maximum Gasteiger partial charge on any atom is 0.224 e. The number of nitrogens with one attached hydrogen (secondary N) is 1. The molecule has 86 valence electrons. The van der Waals surface area contributed by atoms with Crippen LogP contribution in [0.15, 0.2) is 41.3 Å². The van der Waals surface area contributed by atoms with E-state index >= 15 is 0 Å². The lowest BCUT2D eigenvalue weighted by Crippen LogP contribution is -2.25. The normalized spacial score (nSPS) is 10.6. The van der Waals surface area contributed by atoms with Crippen LogP contribution in [-0.4, -0.2) is 12.5 Å². The van der Waals surface area contributed by atoms with Gasteiger partial charge < -0.3 is 5.32 Å². The Labute approximate surface area is 102 Å². The van der Waals surface area contributed by atoms with Gasteiger partial charge in [0.25, 0.3) is 0 Å². The highest BCUT2D eigenvalue weighted by Gasteiger charge is 2.01. The molecule has 0 aliphatic carbocycles. The van der Waals surface area contributed by atoms with Crippen LogP contribution in [0.2, 0.25) is 0 Å². The van der Waals surface area contributed by atoms with E-state index in [1.54, 1.807) is 0 Å². The molecule has 0 unspecified atom stereocenters. The van der Waals surface area contributed by atoms with Gasteiger partial charge in [-0.2, -0.15) is 0 Å². The molecule has 1 aromatic carbocycles. The summed E-state index contributed by atoms with van der Waals surface area (Å²) < 4.78 is 0. The lowest BCUT2D eigenvalue weighted by atomic mass is 10.1. The van der Waals surface area contributed by atoms with Crippen LogP contribution in [0.1, 0.15) is 18.9 Å². The Morgan fingerprint density at radius 2 is 2.06 bits per heavy atom. The van der Waals surface area contributed by atoms with Crippen molar-refractivity contribution in [2.45, 2.75) is 24.7 Å². The van der Waals surface area contributed by atoms with Gasteiger partial charge in [-0.25, -0.2) is 0 Å². The average Bonchev–Trinajstić information content (AvgIpc) is 2.28. The zero-order chi connectivity index (χ0) is 11.8. The fourth-order valence-corrected chi connectivity index (χ4v) is 1.47. The largest absolute Gasteiger partial charge is 0.356 e. The Morgan fingerprint density at radius 3 is 2.69 bits per heavy atom. The molecule has 0 atom stereocenters. The number of thiol groups is 1. The first-order valence-electron chi connectivity index (χ1n) is 5.38. The first-order valence-corrected chi connectivity index (χ1v) is 5.83. The predicted octanol–water partition coefficient (Wildman–Crippen LogP) is 2.60. The van der Waals surface area contributed by atoms with Crippen molar-refractivity contribution in [3.05, 3.63) is 42.0 Å². The van der Waals surface area contributed by atoms with Crippen molar-refractivity contribution in [1.82, 2.24) is 5.32 Å². The van der Waals surface area contributed by atoms with Crippen LogP contribution in [0.5, 0.6) is 0 Å². The van der Waals surface area contributed by atoms with Gasteiger partial charge in [0.2, 0.25) is 5.91 Å². The van der Waals surface area contributed by atoms with E-state index in [0.29, 0.717) is 13.0 Å². The van der Waals surface area contributed by atoms with Crippen LogP contribution in [0.25, 0.3) is 0 Å². The van der Waals surface area contributed by atoms with E-state index in [-0.39, 0.29) is 5.91 Å². The van der Waals surface area contributed by atoms with Crippen molar-refractivity contribution in [3.63, 3.8) is 0 Å². The Balaban J connectivity index is 2.31. The maximum atomic E-state index is 11.5. The van der Waals surface area contributed by atoms with Crippen LogP contribution in [0.4, 0.5) is 0 Å². The number of carbonyl (C=O) groups is 1. The molecule has 1 N–H and O–H groups in total. The number of rotatable bonds is 5. The number of carbonyl (C=O) groups excluding carboxylic acids is 1. The molecule has 1 rings (SSSR count). The minimum atomic E-state index is 0.0661.